The molecule has 0 amide bonds. The van der Waals surface area contributed by atoms with Gasteiger partial charge < -0.3 is 15.2 Å². The summed E-state index contributed by atoms with van der Waals surface area (Å²) in [6.45, 7) is 0.199. The van der Waals surface area contributed by atoms with E-state index in [9.17, 15) is 4.79 Å². The van der Waals surface area contributed by atoms with Crippen LogP contribution in [0.4, 0.5) is 5.69 Å². The lowest BCUT2D eigenvalue weighted by atomic mass is 10.1. The number of rotatable bonds is 3. The van der Waals surface area contributed by atoms with Gasteiger partial charge in [0.1, 0.15) is 0 Å². The van der Waals surface area contributed by atoms with Crippen LogP contribution in [0.2, 0.25) is 0 Å². The molecular formula is C16H13NO3. The van der Waals surface area contributed by atoms with Gasteiger partial charge >= 0.3 is 0 Å². The van der Waals surface area contributed by atoms with Crippen LogP contribution < -0.4 is 15.2 Å². The van der Waals surface area contributed by atoms with E-state index < -0.39 is 0 Å². The fourth-order valence-corrected chi connectivity index (χ4v) is 1.98. The van der Waals surface area contributed by atoms with E-state index in [-0.39, 0.29) is 12.6 Å². The lowest BCUT2D eigenvalue weighted by molar-refractivity contribution is 0.104. The molecule has 0 bridgehead atoms. The standard InChI is InChI=1S/C16H13NO3/c17-13-9-16-15(19-10-20-16)8-12(13)6-7-14(18)11-4-2-1-3-5-11/h1-9H,10,17H2. The fraction of sp³-hybridized carbons (Fsp3) is 0.0625. The number of nitrogen functional groups attached to an aromatic ring is 1. The molecule has 0 spiro atoms. The molecule has 1 aliphatic rings. The second-order valence-electron chi connectivity index (χ2n) is 4.40. The second-order valence-corrected chi connectivity index (χ2v) is 4.40. The summed E-state index contributed by atoms with van der Waals surface area (Å²) in [7, 11) is 0. The van der Waals surface area contributed by atoms with Crippen molar-refractivity contribution < 1.29 is 14.3 Å². The summed E-state index contributed by atoms with van der Waals surface area (Å²) in [6, 6.07) is 12.6. The van der Waals surface area contributed by atoms with Crippen LogP contribution in [-0.4, -0.2) is 12.6 Å². The summed E-state index contributed by atoms with van der Waals surface area (Å²) in [5, 5.41) is 0. The minimum absolute atomic E-state index is 0.0670. The molecule has 4 nitrogen and oxygen atoms in total. The van der Waals surface area contributed by atoms with Crippen molar-refractivity contribution in [3.05, 3.63) is 59.7 Å². The summed E-state index contributed by atoms with van der Waals surface area (Å²) in [5.41, 5.74) is 7.84. The van der Waals surface area contributed by atoms with Crippen molar-refractivity contribution in [3.63, 3.8) is 0 Å². The number of carbonyl (C=O) groups is 1. The number of hydrogen-bond acceptors (Lipinski definition) is 4. The molecule has 20 heavy (non-hydrogen) atoms. The first kappa shape index (κ1) is 12.3. The Morgan fingerprint density at radius 2 is 1.80 bits per heavy atom. The zero-order chi connectivity index (χ0) is 13.9. The highest BCUT2D eigenvalue weighted by Crippen LogP contribution is 2.36. The summed E-state index contributed by atoms with van der Waals surface area (Å²) >= 11 is 0. The molecule has 0 radical (unpaired) electrons. The summed E-state index contributed by atoms with van der Waals surface area (Å²) < 4.78 is 10.5. The Labute approximate surface area is 116 Å². The number of fused-ring (bicyclic) bond motifs is 1. The maximum Gasteiger partial charge on any atom is 0.231 e. The molecule has 2 aromatic rings. The highest BCUT2D eigenvalue weighted by atomic mass is 16.7. The third-order valence-corrected chi connectivity index (χ3v) is 3.05. The smallest absolute Gasteiger partial charge is 0.231 e. The molecule has 0 unspecified atom stereocenters. The van der Waals surface area contributed by atoms with E-state index in [2.05, 4.69) is 0 Å². The third-order valence-electron chi connectivity index (χ3n) is 3.05. The Hall–Kier alpha value is -2.75. The predicted molar refractivity (Wildman–Crippen MR) is 76.8 cm³/mol. The van der Waals surface area contributed by atoms with Crippen LogP contribution in [0.3, 0.4) is 0 Å². The highest BCUT2D eigenvalue weighted by Gasteiger charge is 2.15. The van der Waals surface area contributed by atoms with Crippen molar-refractivity contribution in [2.24, 2.45) is 0 Å². The van der Waals surface area contributed by atoms with Crippen LogP contribution in [0.1, 0.15) is 15.9 Å². The van der Waals surface area contributed by atoms with Crippen molar-refractivity contribution in [2.75, 3.05) is 12.5 Å². The fourth-order valence-electron chi connectivity index (χ4n) is 1.98. The molecule has 0 fully saturated rings. The van der Waals surface area contributed by atoms with Gasteiger partial charge in [-0.3, -0.25) is 4.79 Å². The van der Waals surface area contributed by atoms with Gasteiger partial charge in [-0.1, -0.05) is 30.3 Å². The van der Waals surface area contributed by atoms with Crippen molar-refractivity contribution in [1.29, 1.82) is 0 Å². The first-order chi connectivity index (χ1) is 9.74. The molecular weight excluding hydrogens is 254 g/mol. The van der Waals surface area contributed by atoms with E-state index in [0.29, 0.717) is 22.7 Å². The molecule has 0 aliphatic carbocycles. The van der Waals surface area contributed by atoms with Crippen molar-refractivity contribution in [2.45, 2.75) is 0 Å². The van der Waals surface area contributed by atoms with E-state index in [1.807, 2.05) is 18.2 Å². The zero-order valence-electron chi connectivity index (χ0n) is 10.7. The summed E-state index contributed by atoms with van der Waals surface area (Å²) in [4.78, 5) is 12.0. The van der Waals surface area contributed by atoms with Crippen LogP contribution in [0.5, 0.6) is 11.5 Å². The second kappa shape index (κ2) is 5.09. The van der Waals surface area contributed by atoms with Crippen LogP contribution in [0, 0.1) is 0 Å². The Morgan fingerprint density at radius 1 is 1.10 bits per heavy atom. The number of ketones is 1. The SMILES string of the molecule is Nc1cc2c(cc1C=CC(=O)c1ccccc1)OCO2. The van der Waals surface area contributed by atoms with E-state index in [1.165, 1.54) is 6.08 Å². The molecule has 0 saturated heterocycles. The van der Waals surface area contributed by atoms with Crippen molar-refractivity contribution in [1.82, 2.24) is 0 Å². The molecule has 0 saturated carbocycles. The number of nitrogens with two attached hydrogens (primary N) is 1. The normalized spacial score (nSPS) is 12.8. The van der Waals surface area contributed by atoms with Crippen molar-refractivity contribution >= 4 is 17.5 Å². The van der Waals surface area contributed by atoms with Crippen LogP contribution in [0.25, 0.3) is 6.08 Å². The predicted octanol–water partition coefficient (Wildman–Crippen LogP) is 2.89. The van der Waals surface area contributed by atoms with Gasteiger partial charge in [-0.15, -0.1) is 0 Å². The molecule has 0 atom stereocenters. The number of benzene rings is 2. The number of allylic oxidation sites excluding steroid dienone is 1. The van der Waals surface area contributed by atoms with Gasteiger partial charge in [-0.05, 0) is 18.2 Å². The van der Waals surface area contributed by atoms with Gasteiger partial charge in [0.2, 0.25) is 6.79 Å². The Balaban J connectivity index is 1.84. The average molecular weight is 267 g/mol. The van der Waals surface area contributed by atoms with Crippen molar-refractivity contribution in [3.8, 4) is 11.5 Å². The topological polar surface area (TPSA) is 61.6 Å². The quantitative estimate of drug-likeness (QED) is 0.527. The van der Waals surface area contributed by atoms with Gasteiger partial charge in [-0.25, -0.2) is 0 Å². The summed E-state index contributed by atoms with van der Waals surface area (Å²) in [5.74, 6) is 1.21. The first-order valence-corrected chi connectivity index (χ1v) is 6.20. The summed E-state index contributed by atoms with van der Waals surface area (Å²) in [6.07, 6.45) is 3.19. The molecule has 3 rings (SSSR count). The molecule has 1 heterocycles. The molecule has 2 aromatic carbocycles. The third kappa shape index (κ3) is 2.36. The number of ether oxygens (including phenoxy) is 2. The Morgan fingerprint density at radius 3 is 2.55 bits per heavy atom. The number of hydrogen-bond donors (Lipinski definition) is 1. The number of anilines is 1. The lowest BCUT2D eigenvalue weighted by Crippen LogP contribution is -1.94. The molecule has 4 heteroatoms. The Bertz CT molecular complexity index is 678. The first-order valence-electron chi connectivity index (χ1n) is 6.20. The maximum absolute atomic E-state index is 12.0. The highest BCUT2D eigenvalue weighted by molar-refractivity contribution is 6.07. The van der Waals surface area contributed by atoms with Crippen LogP contribution in [0.15, 0.2) is 48.5 Å². The van der Waals surface area contributed by atoms with Gasteiger partial charge in [0.25, 0.3) is 0 Å². The van der Waals surface area contributed by atoms with Gasteiger partial charge in [0.05, 0.1) is 0 Å². The average Bonchev–Trinajstić information content (AvgIpc) is 2.92. The molecule has 100 valence electrons. The molecule has 2 N–H and O–H groups in total. The van der Waals surface area contributed by atoms with E-state index >= 15 is 0 Å². The molecule has 1 aliphatic heterocycles. The monoisotopic (exact) mass is 267 g/mol. The number of carbonyl (C=O) groups excluding carboxylic acids is 1. The van der Waals surface area contributed by atoms with E-state index in [1.54, 1.807) is 30.3 Å². The van der Waals surface area contributed by atoms with Crippen LogP contribution >= 0.6 is 0 Å². The largest absolute Gasteiger partial charge is 0.454 e. The van der Waals surface area contributed by atoms with Gasteiger partial charge in [-0.2, -0.15) is 0 Å². The Kier molecular flexibility index (Phi) is 3.13. The van der Waals surface area contributed by atoms with Gasteiger partial charge in [0, 0.05) is 22.9 Å². The lowest BCUT2D eigenvalue weighted by Gasteiger charge is -2.03. The molecule has 0 aromatic heterocycles. The van der Waals surface area contributed by atoms with Gasteiger partial charge in [0.15, 0.2) is 17.3 Å². The zero-order valence-corrected chi connectivity index (χ0v) is 10.7. The minimum Gasteiger partial charge on any atom is -0.454 e. The van der Waals surface area contributed by atoms with E-state index in [0.717, 1.165) is 5.56 Å². The van der Waals surface area contributed by atoms with Crippen LogP contribution in [-0.2, 0) is 0 Å². The maximum atomic E-state index is 12.0. The minimum atomic E-state index is -0.0670. The van der Waals surface area contributed by atoms with E-state index in [4.69, 9.17) is 15.2 Å².